The highest BCUT2D eigenvalue weighted by Crippen LogP contribution is 2.25. The molecule has 6 heteroatoms. The molecule has 0 aliphatic heterocycles. The fraction of sp³-hybridized carbons (Fsp3) is 0.222. The summed E-state index contributed by atoms with van der Waals surface area (Å²) in [5.41, 5.74) is 1.55. The van der Waals surface area contributed by atoms with Crippen molar-refractivity contribution in [2.75, 3.05) is 17.7 Å². The average Bonchev–Trinajstić information content (AvgIpc) is 2.56. The fourth-order valence-corrected chi connectivity index (χ4v) is 2.02. The van der Waals surface area contributed by atoms with E-state index in [-0.39, 0.29) is 6.10 Å². The smallest absolute Gasteiger partial charge is 0.337 e. The molecular formula is C18H20N2O4. The molecule has 0 saturated heterocycles. The van der Waals surface area contributed by atoms with E-state index in [0.29, 0.717) is 22.7 Å². The Labute approximate surface area is 140 Å². The minimum atomic E-state index is -0.425. The number of carbonyl (C=O) groups is 2. The topological polar surface area (TPSA) is 76.7 Å². The molecule has 0 unspecified atom stereocenters. The monoisotopic (exact) mass is 328 g/mol. The van der Waals surface area contributed by atoms with E-state index < -0.39 is 12.0 Å². The minimum Gasteiger partial charge on any atom is -0.489 e. The second-order valence-corrected chi connectivity index (χ2v) is 5.31. The summed E-state index contributed by atoms with van der Waals surface area (Å²) < 4.78 is 10.3. The van der Waals surface area contributed by atoms with Crippen molar-refractivity contribution in [2.24, 2.45) is 0 Å². The van der Waals surface area contributed by atoms with Gasteiger partial charge in [-0.15, -0.1) is 0 Å². The first-order valence-corrected chi connectivity index (χ1v) is 7.51. The summed E-state index contributed by atoms with van der Waals surface area (Å²) in [5, 5.41) is 5.44. The second kappa shape index (κ2) is 8.01. The van der Waals surface area contributed by atoms with Gasteiger partial charge in [0.15, 0.2) is 0 Å². The molecule has 0 aliphatic carbocycles. The summed E-state index contributed by atoms with van der Waals surface area (Å²) in [6.45, 7) is 3.83. The third-order valence-corrected chi connectivity index (χ3v) is 3.06. The van der Waals surface area contributed by atoms with Gasteiger partial charge in [-0.2, -0.15) is 0 Å². The quantitative estimate of drug-likeness (QED) is 0.816. The lowest BCUT2D eigenvalue weighted by Gasteiger charge is -2.15. The summed E-state index contributed by atoms with van der Waals surface area (Å²) in [4.78, 5) is 23.5. The van der Waals surface area contributed by atoms with Crippen LogP contribution in [0.15, 0.2) is 48.5 Å². The number of amides is 2. The number of esters is 1. The summed E-state index contributed by atoms with van der Waals surface area (Å²) in [5.74, 6) is 0.175. The van der Waals surface area contributed by atoms with Crippen LogP contribution in [0.2, 0.25) is 0 Å². The Bertz CT molecular complexity index is 711. The summed E-state index contributed by atoms with van der Waals surface area (Å²) >= 11 is 0. The van der Waals surface area contributed by atoms with Crippen molar-refractivity contribution < 1.29 is 19.1 Å². The van der Waals surface area contributed by atoms with E-state index in [0.717, 1.165) is 0 Å². The molecule has 0 fully saturated rings. The largest absolute Gasteiger partial charge is 0.489 e. The van der Waals surface area contributed by atoms with Crippen LogP contribution in [0.3, 0.4) is 0 Å². The van der Waals surface area contributed by atoms with Gasteiger partial charge >= 0.3 is 12.0 Å². The maximum absolute atomic E-state index is 12.1. The molecule has 0 radical (unpaired) electrons. The minimum absolute atomic E-state index is 0.00174. The maximum Gasteiger partial charge on any atom is 0.337 e. The van der Waals surface area contributed by atoms with Gasteiger partial charge in [0.25, 0.3) is 0 Å². The van der Waals surface area contributed by atoms with Gasteiger partial charge in [0.1, 0.15) is 5.75 Å². The van der Waals surface area contributed by atoms with Crippen LogP contribution >= 0.6 is 0 Å². The maximum atomic E-state index is 12.1. The molecule has 2 aromatic carbocycles. The molecule has 0 aliphatic rings. The zero-order chi connectivity index (χ0) is 17.5. The molecule has 0 saturated carbocycles. The summed E-state index contributed by atoms with van der Waals surface area (Å²) in [6.07, 6.45) is 0.00174. The van der Waals surface area contributed by atoms with Gasteiger partial charge in [0.2, 0.25) is 0 Å². The third kappa shape index (κ3) is 4.74. The highest BCUT2D eigenvalue weighted by molar-refractivity contribution is 6.01. The molecule has 0 atom stereocenters. The number of hydrogen-bond donors (Lipinski definition) is 2. The van der Waals surface area contributed by atoms with Gasteiger partial charge in [0.05, 0.1) is 24.5 Å². The molecule has 24 heavy (non-hydrogen) atoms. The molecule has 6 nitrogen and oxygen atoms in total. The zero-order valence-corrected chi connectivity index (χ0v) is 13.8. The molecule has 0 heterocycles. The highest BCUT2D eigenvalue weighted by Gasteiger charge is 2.10. The molecule has 0 spiro atoms. The molecule has 2 N–H and O–H groups in total. The van der Waals surface area contributed by atoms with Crippen molar-refractivity contribution >= 4 is 23.4 Å². The molecule has 2 aromatic rings. The first kappa shape index (κ1) is 17.3. The third-order valence-electron chi connectivity index (χ3n) is 3.06. The first-order chi connectivity index (χ1) is 11.5. The van der Waals surface area contributed by atoms with E-state index in [1.165, 1.54) is 7.11 Å². The Morgan fingerprint density at radius 1 is 0.958 bits per heavy atom. The van der Waals surface area contributed by atoms with Gasteiger partial charge in [-0.25, -0.2) is 9.59 Å². The molecule has 2 amide bonds. The predicted octanol–water partition coefficient (Wildman–Crippen LogP) is 3.90. The van der Waals surface area contributed by atoms with E-state index in [1.807, 2.05) is 26.0 Å². The van der Waals surface area contributed by atoms with Crippen LogP contribution in [0, 0.1) is 0 Å². The summed E-state index contributed by atoms with van der Waals surface area (Å²) in [6, 6.07) is 13.2. The number of nitrogens with one attached hydrogen (secondary N) is 2. The fourth-order valence-electron chi connectivity index (χ4n) is 2.02. The standard InChI is InChI=1S/C18H20N2O4/c1-12(2)24-16-7-5-4-6-15(16)20-18(22)19-14-10-8-13(9-11-14)17(21)23-3/h4-12H,1-3H3,(H2,19,20,22). The van der Waals surface area contributed by atoms with Crippen molar-refractivity contribution in [1.82, 2.24) is 0 Å². The lowest BCUT2D eigenvalue weighted by atomic mass is 10.2. The number of para-hydroxylation sites is 2. The van der Waals surface area contributed by atoms with Gasteiger partial charge in [-0.05, 0) is 50.2 Å². The average molecular weight is 328 g/mol. The van der Waals surface area contributed by atoms with E-state index in [9.17, 15) is 9.59 Å². The Hall–Kier alpha value is -3.02. The van der Waals surface area contributed by atoms with E-state index in [1.54, 1.807) is 36.4 Å². The highest BCUT2D eigenvalue weighted by atomic mass is 16.5. The van der Waals surface area contributed by atoms with Gasteiger partial charge in [-0.1, -0.05) is 12.1 Å². The molecule has 0 bridgehead atoms. The van der Waals surface area contributed by atoms with Gasteiger partial charge in [-0.3, -0.25) is 0 Å². The van der Waals surface area contributed by atoms with Crippen molar-refractivity contribution in [2.45, 2.75) is 20.0 Å². The van der Waals surface area contributed by atoms with Crippen LogP contribution in [-0.4, -0.2) is 25.2 Å². The number of rotatable bonds is 5. The van der Waals surface area contributed by atoms with Crippen molar-refractivity contribution in [1.29, 1.82) is 0 Å². The van der Waals surface area contributed by atoms with Crippen LogP contribution in [0.25, 0.3) is 0 Å². The predicted molar refractivity (Wildman–Crippen MR) is 92.6 cm³/mol. The number of ether oxygens (including phenoxy) is 2. The van der Waals surface area contributed by atoms with Crippen LogP contribution in [0.4, 0.5) is 16.2 Å². The Kier molecular flexibility index (Phi) is 5.78. The Balaban J connectivity index is 2.02. The van der Waals surface area contributed by atoms with Gasteiger partial charge < -0.3 is 20.1 Å². The molecule has 126 valence electrons. The van der Waals surface area contributed by atoms with Crippen molar-refractivity contribution in [3.05, 3.63) is 54.1 Å². The number of hydrogen-bond acceptors (Lipinski definition) is 4. The first-order valence-electron chi connectivity index (χ1n) is 7.51. The number of methoxy groups -OCH3 is 1. The number of carbonyl (C=O) groups excluding carboxylic acids is 2. The molecule has 0 aromatic heterocycles. The van der Waals surface area contributed by atoms with Crippen molar-refractivity contribution in [3.63, 3.8) is 0 Å². The van der Waals surface area contributed by atoms with Crippen LogP contribution in [-0.2, 0) is 4.74 Å². The second-order valence-electron chi connectivity index (χ2n) is 5.31. The number of anilines is 2. The number of benzene rings is 2. The van der Waals surface area contributed by atoms with Crippen LogP contribution in [0.1, 0.15) is 24.2 Å². The Morgan fingerprint density at radius 3 is 2.25 bits per heavy atom. The normalized spacial score (nSPS) is 10.2. The van der Waals surface area contributed by atoms with Gasteiger partial charge in [0, 0.05) is 5.69 Å². The lowest BCUT2D eigenvalue weighted by Crippen LogP contribution is -2.20. The summed E-state index contributed by atoms with van der Waals surface area (Å²) in [7, 11) is 1.32. The van der Waals surface area contributed by atoms with Crippen molar-refractivity contribution in [3.8, 4) is 5.75 Å². The number of urea groups is 1. The van der Waals surface area contributed by atoms with Crippen LogP contribution in [0.5, 0.6) is 5.75 Å². The Morgan fingerprint density at radius 2 is 1.62 bits per heavy atom. The van der Waals surface area contributed by atoms with Crippen LogP contribution < -0.4 is 15.4 Å². The molecular weight excluding hydrogens is 308 g/mol. The van der Waals surface area contributed by atoms with E-state index in [4.69, 9.17) is 4.74 Å². The SMILES string of the molecule is COC(=O)c1ccc(NC(=O)Nc2ccccc2OC(C)C)cc1. The zero-order valence-electron chi connectivity index (χ0n) is 13.8. The van der Waals surface area contributed by atoms with E-state index in [2.05, 4.69) is 15.4 Å². The van der Waals surface area contributed by atoms with E-state index >= 15 is 0 Å². The lowest BCUT2D eigenvalue weighted by molar-refractivity contribution is 0.0600. The molecule has 2 rings (SSSR count).